The summed E-state index contributed by atoms with van der Waals surface area (Å²) in [6.07, 6.45) is 3.54. The van der Waals surface area contributed by atoms with Crippen LogP contribution in [0.4, 0.5) is 0 Å². The molecule has 2 N–H and O–H groups in total. The molecule has 132 valence electrons. The van der Waals surface area contributed by atoms with Crippen molar-refractivity contribution < 1.29 is 9.59 Å². The van der Waals surface area contributed by atoms with Crippen LogP contribution in [0.15, 0.2) is 65.4 Å². The summed E-state index contributed by atoms with van der Waals surface area (Å²) in [4.78, 5) is 24.0. The molecule has 7 heteroatoms. The first-order valence-corrected chi connectivity index (χ1v) is 8.76. The Balaban J connectivity index is 1.64. The second-order valence-electron chi connectivity index (χ2n) is 5.61. The average molecular weight is 413 g/mol. The topological polar surface area (TPSA) is 76.0 Å². The lowest BCUT2D eigenvalue weighted by Crippen LogP contribution is -2.23. The number of nitrogens with one attached hydrogen (secondary N) is 2. The molecule has 0 fully saturated rings. The van der Waals surface area contributed by atoms with Crippen molar-refractivity contribution in [3.8, 4) is 5.69 Å². The lowest BCUT2D eigenvalue weighted by Gasteiger charge is -2.08. The van der Waals surface area contributed by atoms with E-state index in [4.69, 9.17) is 0 Å². The number of hydrogen-bond acceptors (Lipinski definition) is 3. The molecule has 0 aliphatic carbocycles. The number of benzene rings is 2. The summed E-state index contributed by atoms with van der Waals surface area (Å²) in [6.45, 7) is 0.345. The van der Waals surface area contributed by atoms with E-state index in [0.29, 0.717) is 17.7 Å². The Kier molecular flexibility index (Phi) is 5.48. The molecule has 1 heterocycles. The number of carbonyl (C=O) groups excluding carboxylic acids is 2. The van der Waals surface area contributed by atoms with E-state index < -0.39 is 0 Å². The fraction of sp³-hybridized carbons (Fsp3) is 0.105. The molecule has 0 radical (unpaired) electrons. The van der Waals surface area contributed by atoms with Gasteiger partial charge in [0.05, 0.1) is 16.4 Å². The van der Waals surface area contributed by atoms with Crippen molar-refractivity contribution in [1.29, 1.82) is 0 Å². The Morgan fingerprint density at radius 3 is 2.50 bits per heavy atom. The predicted molar refractivity (Wildman–Crippen MR) is 102 cm³/mol. The van der Waals surface area contributed by atoms with E-state index in [1.807, 2.05) is 24.4 Å². The van der Waals surface area contributed by atoms with Crippen molar-refractivity contribution in [2.24, 2.45) is 0 Å². The first-order valence-electron chi connectivity index (χ1n) is 7.96. The highest BCUT2D eigenvalue weighted by Crippen LogP contribution is 2.13. The zero-order chi connectivity index (χ0) is 18.5. The summed E-state index contributed by atoms with van der Waals surface area (Å²) >= 11 is 3.36. The van der Waals surface area contributed by atoms with Crippen LogP contribution in [0, 0.1) is 0 Å². The maximum Gasteiger partial charge on any atom is 0.251 e. The fourth-order valence-corrected chi connectivity index (χ4v) is 2.74. The minimum Gasteiger partial charge on any atom is -0.355 e. The highest BCUT2D eigenvalue weighted by molar-refractivity contribution is 9.10. The first-order chi connectivity index (χ1) is 12.6. The number of aromatic nitrogens is 2. The largest absolute Gasteiger partial charge is 0.355 e. The number of nitrogens with zero attached hydrogens (tertiary/aromatic N) is 2. The van der Waals surface area contributed by atoms with Crippen molar-refractivity contribution in [2.75, 3.05) is 7.05 Å². The predicted octanol–water partition coefficient (Wildman–Crippen LogP) is 2.92. The van der Waals surface area contributed by atoms with Gasteiger partial charge in [0.1, 0.15) is 0 Å². The molecule has 0 saturated carbocycles. The molecule has 1 aromatic heterocycles. The van der Waals surface area contributed by atoms with Crippen molar-refractivity contribution in [3.05, 3.63) is 82.1 Å². The zero-order valence-corrected chi connectivity index (χ0v) is 15.7. The van der Waals surface area contributed by atoms with Gasteiger partial charge in [-0.2, -0.15) is 5.10 Å². The van der Waals surface area contributed by atoms with E-state index in [0.717, 1.165) is 15.7 Å². The third kappa shape index (κ3) is 4.18. The highest BCUT2D eigenvalue weighted by Gasteiger charge is 2.08. The summed E-state index contributed by atoms with van der Waals surface area (Å²) in [5.74, 6) is -0.331. The third-order valence-corrected chi connectivity index (χ3v) is 4.22. The summed E-state index contributed by atoms with van der Waals surface area (Å²) in [5, 5.41) is 9.65. The van der Waals surface area contributed by atoms with Gasteiger partial charge in [-0.3, -0.25) is 9.59 Å². The standard InChI is InChI=1S/C19H17BrN4O2/c1-21-18(25)15-4-2-3-13(9-15)10-22-19(26)14-5-7-17(8-6-14)24-12-16(20)11-23-24/h2-9,11-12H,10H2,1H3,(H,21,25)(H,22,26). The molecule has 0 spiro atoms. The van der Waals surface area contributed by atoms with Gasteiger partial charge in [0.2, 0.25) is 0 Å². The number of hydrogen-bond donors (Lipinski definition) is 2. The molecule has 3 rings (SSSR count). The summed E-state index contributed by atoms with van der Waals surface area (Å²) < 4.78 is 2.61. The normalized spacial score (nSPS) is 10.4. The van der Waals surface area contributed by atoms with Crippen LogP contribution in [-0.2, 0) is 6.54 Å². The SMILES string of the molecule is CNC(=O)c1cccc(CNC(=O)c2ccc(-n3cc(Br)cn3)cc2)c1. The molecule has 2 aromatic carbocycles. The van der Waals surface area contributed by atoms with Gasteiger partial charge in [-0.05, 0) is 57.9 Å². The lowest BCUT2D eigenvalue weighted by molar-refractivity contribution is 0.0948. The number of rotatable bonds is 5. The van der Waals surface area contributed by atoms with E-state index in [-0.39, 0.29) is 11.8 Å². The molecule has 6 nitrogen and oxygen atoms in total. The minimum absolute atomic E-state index is 0.154. The Bertz CT molecular complexity index is 935. The number of amides is 2. The van der Waals surface area contributed by atoms with Crippen LogP contribution in [-0.4, -0.2) is 28.6 Å². The van der Waals surface area contributed by atoms with Crippen LogP contribution in [0.1, 0.15) is 26.3 Å². The molecule has 26 heavy (non-hydrogen) atoms. The van der Waals surface area contributed by atoms with Gasteiger partial charge in [0.15, 0.2) is 0 Å². The molecule has 0 unspecified atom stereocenters. The molecule has 3 aromatic rings. The molecule has 2 amide bonds. The van der Waals surface area contributed by atoms with Crippen LogP contribution < -0.4 is 10.6 Å². The molecular formula is C19H17BrN4O2. The van der Waals surface area contributed by atoms with Gasteiger partial charge >= 0.3 is 0 Å². The quantitative estimate of drug-likeness (QED) is 0.676. The lowest BCUT2D eigenvalue weighted by atomic mass is 10.1. The first kappa shape index (κ1) is 17.9. The van der Waals surface area contributed by atoms with Gasteiger partial charge in [-0.25, -0.2) is 4.68 Å². The Morgan fingerprint density at radius 2 is 1.85 bits per heavy atom. The van der Waals surface area contributed by atoms with Gasteiger partial charge in [0.25, 0.3) is 11.8 Å². The molecule has 0 atom stereocenters. The molecule has 0 aliphatic heterocycles. The second kappa shape index (κ2) is 7.97. The molecule has 0 aliphatic rings. The molecular weight excluding hydrogens is 396 g/mol. The molecule has 0 saturated heterocycles. The zero-order valence-electron chi connectivity index (χ0n) is 14.1. The smallest absolute Gasteiger partial charge is 0.251 e. The summed E-state index contributed by atoms with van der Waals surface area (Å²) in [5.41, 5.74) is 2.85. The van der Waals surface area contributed by atoms with E-state index >= 15 is 0 Å². The Labute approximate surface area is 159 Å². The van der Waals surface area contributed by atoms with Gasteiger partial charge in [0, 0.05) is 30.9 Å². The van der Waals surface area contributed by atoms with Crippen molar-refractivity contribution in [3.63, 3.8) is 0 Å². The number of carbonyl (C=O) groups is 2. The third-order valence-electron chi connectivity index (χ3n) is 3.81. The average Bonchev–Trinajstić information content (AvgIpc) is 3.12. The van der Waals surface area contributed by atoms with Crippen LogP contribution in [0.3, 0.4) is 0 Å². The second-order valence-corrected chi connectivity index (χ2v) is 6.53. The van der Waals surface area contributed by atoms with Gasteiger partial charge in [-0.1, -0.05) is 12.1 Å². The van der Waals surface area contributed by atoms with Gasteiger partial charge in [-0.15, -0.1) is 0 Å². The summed E-state index contributed by atoms with van der Waals surface area (Å²) in [6, 6.07) is 14.3. The Morgan fingerprint density at radius 1 is 1.08 bits per heavy atom. The van der Waals surface area contributed by atoms with Crippen molar-refractivity contribution in [1.82, 2.24) is 20.4 Å². The van der Waals surface area contributed by atoms with E-state index in [2.05, 4.69) is 31.7 Å². The van der Waals surface area contributed by atoms with Crippen molar-refractivity contribution in [2.45, 2.75) is 6.54 Å². The van der Waals surface area contributed by atoms with Crippen LogP contribution in [0.25, 0.3) is 5.69 Å². The monoisotopic (exact) mass is 412 g/mol. The fourth-order valence-electron chi connectivity index (χ4n) is 2.46. The minimum atomic E-state index is -0.177. The van der Waals surface area contributed by atoms with Crippen LogP contribution in [0.5, 0.6) is 0 Å². The van der Waals surface area contributed by atoms with E-state index in [1.165, 1.54) is 0 Å². The Hall–Kier alpha value is -2.93. The van der Waals surface area contributed by atoms with E-state index in [9.17, 15) is 9.59 Å². The van der Waals surface area contributed by atoms with Gasteiger partial charge < -0.3 is 10.6 Å². The highest BCUT2D eigenvalue weighted by atomic mass is 79.9. The van der Waals surface area contributed by atoms with Crippen LogP contribution >= 0.6 is 15.9 Å². The van der Waals surface area contributed by atoms with Crippen molar-refractivity contribution >= 4 is 27.7 Å². The summed E-state index contributed by atoms with van der Waals surface area (Å²) in [7, 11) is 1.59. The van der Waals surface area contributed by atoms with E-state index in [1.54, 1.807) is 48.3 Å². The maximum absolute atomic E-state index is 12.3. The van der Waals surface area contributed by atoms with Crippen LogP contribution in [0.2, 0.25) is 0 Å². The maximum atomic E-state index is 12.3. The number of halogens is 1. The molecule has 0 bridgehead atoms.